The fraction of sp³-hybridized carbons (Fsp3) is 0.375. The van der Waals surface area contributed by atoms with Crippen LogP contribution in [-0.2, 0) is 13.0 Å². The number of rotatable bonds is 4. The molecule has 0 atom stereocenters. The van der Waals surface area contributed by atoms with E-state index in [9.17, 15) is 0 Å². The van der Waals surface area contributed by atoms with Crippen molar-refractivity contribution in [1.29, 1.82) is 0 Å². The fourth-order valence-electron chi connectivity index (χ4n) is 2.59. The lowest BCUT2D eigenvalue weighted by atomic mass is 10.2. The van der Waals surface area contributed by atoms with Gasteiger partial charge in [-0.3, -0.25) is 9.97 Å². The summed E-state index contributed by atoms with van der Waals surface area (Å²) in [6.07, 6.45) is 7.08. The highest BCUT2D eigenvalue weighted by Gasteiger charge is 2.24. The molecule has 1 saturated carbocycles. The second kappa shape index (κ2) is 4.91. The Morgan fingerprint density at radius 3 is 2.71 bits per heavy atom. The third-order valence-corrected chi connectivity index (χ3v) is 3.91. The van der Waals surface area contributed by atoms with Gasteiger partial charge in [-0.25, -0.2) is 9.67 Å². The highest BCUT2D eigenvalue weighted by atomic mass is 15.3. The van der Waals surface area contributed by atoms with E-state index >= 15 is 0 Å². The van der Waals surface area contributed by atoms with Crippen LogP contribution >= 0.6 is 0 Å². The number of aromatic nitrogens is 5. The number of benzene rings is 1. The molecule has 0 unspecified atom stereocenters. The van der Waals surface area contributed by atoms with Gasteiger partial charge in [-0.2, -0.15) is 5.10 Å². The van der Waals surface area contributed by atoms with Gasteiger partial charge in [0.25, 0.3) is 0 Å². The first kappa shape index (κ1) is 12.4. The van der Waals surface area contributed by atoms with Crippen LogP contribution in [0.15, 0.2) is 30.6 Å². The summed E-state index contributed by atoms with van der Waals surface area (Å²) in [6, 6.07) is 6.08. The van der Waals surface area contributed by atoms with Crippen LogP contribution in [0.25, 0.3) is 22.4 Å². The van der Waals surface area contributed by atoms with E-state index in [4.69, 9.17) is 4.98 Å². The molecule has 0 N–H and O–H groups in total. The molecule has 5 heteroatoms. The van der Waals surface area contributed by atoms with Crippen LogP contribution in [0.4, 0.5) is 0 Å². The summed E-state index contributed by atoms with van der Waals surface area (Å²) < 4.78 is 1.98. The van der Waals surface area contributed by atoms with Gasteiger partial charge in [0.05, 0.1) is 11.0 Å². The van der Waals surface area contributed by atoms with Crippen LogP contribution in [0.2, 0.25) is 0 Å². The van der Waals surface area contributed by atoms with Crippen LogP contribution in [-0.4, -0.2) is 24.7 Å². The second-order valence-corrected chi connectivity index (χ2v) is 5.57. The monoisotopic (exact) mass is 279 g/mol. The molecule has 0 amide bonds. The Morgan fingerprint density at radius 1 is 1.14 bits per heavy atom. The van der Waals surface area contributed by atoms with Crippen LogP contribution in [0, 0.1) is 5.92 Å². The molecule has 106 valence electrons. The third kappa shape index (κ3) is 2.39. The van der Waals surface area contributed by atoms with Crippen molar-refractivity contribution in [1.82, 2.24) is 24.7 Å². The highest BCUT2D eigenvalue weighted by Crippen LogP contribution is 2.32. The molecule has 2 heterocycles. The van der Waals surface area contributed by atoms with E-state index in [2.05, 4.69) is 22.0 Å². The molecule has 1 aliphatic rings. The number of hydrogen-bond acceptors (Lipinski definition) is 4. The van der Waals surface area contributed by atoms with Crippen LogP contribution < -0.4 is 0 Å². The van der Waals surface area contributed by atoms with Crippen molar-refractivity contribution in [2.24, 2.45) is 5.92 Å². The van der Waals surface area contributed by atoms with E-state index in [0.29, 0.717) is 0 Å². The SMILES string of the molecule is CCn1nc(CC2CC2)nc1-c1ccc2nccnc2c1. The Balaban J connectivity index is 1.76. The smallest absolute Gasteiger partial charge is 0.158 e. The highest BCUT2D eigenvalue weighted by molar-refractivity contribution is 5.79. The Labute approximate surface area is 123 Å². The zero-order chi connectivity index (χ0) is 14.2. The number of aryl methyl sites for hydroxylation is 1. The maximum absolute atomic E-state index is 4.74. The largest absolute Gasteiger partial charge is 0.253 e. The van der Waals surface area contributed by atoms with E-state index in [1.807, 2.05) is 22.9 Å². The summed E-state index contributed by atoms with van der Waals surface area (Å²) in [7, 11) is 0. The Kier molecular flexibility index (Phi) is 2.91. The normalized spacial score (nSPS) is 14.7. The maximum Gasteiger partial charge on any atom is 0.158 e. The summed E-state index contributed by atoms with van der Waals surface area (Å²) >= 11 is 0. The van der Waals surface area contributed by atoms with Gasteiger partial charge in [-0.05, 0) is 43.9 Å². The molecule has 0 radical (unpaired) electrons. The first-order valence-electron chi connectivity index (χ1n) is 7.48. The minimum Gasteiger partial charge on any atom is -0.253 e. The topological polar surface area (TPSA) is 56.5 Å². The molecule has 5 nitrogen and oxygen atoms in total. The second-order valence-electron chi connectivity index (χ2n) is 5.57. The molecule has 0 bridgehead atoms. The lowest BCUT2D eigenvalue weighted by molar-refractivity contribution is 0.644. The van der Waals surface area contributed by atoms with Crippen molar-refractivity contribution in [3.63, 3.8) is 0 Å². The van der Waals surface area contributed by atoms with Crippen LogP contribution in [0.5, 0.6) is 0 Å². The zero-order valence-corrected chi connectivity index (χ0v) is 12.0. The fourth-order valence-corrected chi connectivity index (χ4v) is 2.59. The molecule has 1 aromatic carbocycles. The van der Waals surface area contributed by atoms with Crippen molar-refractivity contribution in [3.05, 3.63) is 36.4 Å². The predicted octanol–water partition coefficient (Wildman–Crippen LogP) is 2.86. The minimum absolute atomic E-state index is 0.799. The van der Waals surface area contributed by atoms with E-state index < -0.39 is 0 Å². The van der Waals surface area contributed by atoms with Crippen molar-refractivity contribution in [2.45, 2.75) is 32.7 Å². The molecule has 21 heavy (non-hydrogen) atoms. The molecular weight excluding hydrogens is 262 g/mol. The van der Waals surface area contributed by atoms with Gasteiger partial charge in [-0.15, -0.1) is 0 Å². The predicted molar refractivity (Wildman–Crippen MR) is 80.7 cm³/mol. The van der Waals surface area contributed by atoms with E-state index in [1.165, 1.54) is 12.8 Å². The van der Waals surface area contributed by atoms with Gasteiger partial charge in [0.1, 0.15) is 0 Å². The van der Waals surface area contributed by atoms with E-state index in [0.717, 1.165) is 47.1 Å². The number of nitrogens with zero attached hydrogens (tertiary/aromatic N) is 5. The average Bonchev–Trinajstić information content (AvgIpc) is 3.24. The van der Waals surface area contributed by atoms with Crippen molar-refractivity contribution in [2.75, 3.05) is 0 Å². The maximum atomic E-state index is 4.74. The minimum atomic E-state index is 0.799. The lowest BCUT2D eigenvalue weighted by Gasteiger charge is -2.03. The Bertz CT molecular complexity index is 788. The summed E-state index contributed by atoms with van der Waals surface area (Å²) in [5.74, 6) is 2.70. The lowest BCUT2D eigenvalue weighted by Crippen LogP contribution is -2.00. The van der Waals surface area contributed by atoms with Gasteiger partial charge in [0, 0.05) is 30.9 Å². The van der Waals surface area contributed by atoms with E-state index in [1.54, 1.807) is 12.4 Å². The van der Waals surface area contributed by atoms with Crippen LogP contribution in [0.1, 0.15) is 25.6 Å². The average molecular weight is 279 g/mol. The zero-order valence-electron chi connectivity index (χ0n) is 12.0. The Morgan fingerprint density at radius 2 is 1.95 bits per heavy atom. The molecule has 3 aromatic rings. The first-order chi connectivity index (χ1) is 10.3. The quantitative estimate of drug-likeness (QED) is 0.737. The van der Waals surface area contributed by atoms with Gasteiger partial charge in [0.2, 0.25) is 0 Å². The molecule has 2 aromatic heterocycles. The number of hydrogen-bond donors (Lipinski definition) is 0. The Hall–Kier alpha value is -2.30. The van der Waals surface area contributed by atoms with Crippen molar-refractivity contribution >= 4 is 11.0 Å². The van der Waals surface area contributed by atoms with Gasteiger partial charge in [0.15, 0.2) is 11.6 Å². The van der Waals surface area contributed by atoms with Crippen molar-refractivity contribution < 1.29 is 0 Å². The summed E-state index contributed by atoms with van der Waals surface area (Å²) in [6.45, 7) is 2.92. The van der Waals surface area contributed by atoms with Gasteiger partial charge < -0.3 is 0 Å². The molecule has 0 saturated heterocycles. The molecule has 1 fully saturated rings. The summed E-state index contributed by atoms with van der Waals surface area (Å²) in [5, 5.41) is 4.63. The summed E-state index contributed by atoms with van der Waals surface area (Å²) in [5.41, 5.74) is 2.85. The van der Waals surface area contributed by atoms with Gasteiger partial charge in [-0.1, -0.05) is 0 Å². The molecule has 4 rings (SSSR count). The molecule has 0 aliphatic heterocycles. The number of fused-ring (bicyclic) bond motifs is 1. The first-order valence-corrected chi connectivity index (χ1v) is 7.48. The standard InChI is InChI=1S/C16H17N5/c1-2-21-16(19-15(20-21)9-11-3-4-11)12-5-6-13-14(10-12)18-8-7-17-13/h5-8,10-11H,2-4,9H2,1H3. The van der Waals surface area contributed by atoms with Crippen LogP contribution in [0.3, 0.4) is 0 Å². The molecular formula is C16H17N5. The molecule has 1 aliphatic carbocycles. The van der Waals surface area contributed by atoms with E-state index in [-0.39, 0.29) is 0 Å². The van der Waals surface area contributed by atoms with Crippen molar-refractivity contribution in [3.8, 4) is 11.4 Å². The summed E-state index contributed by atoms with van der Waals surface area (Å²) in [4.78, 5) is 13.4. The molecule has 0 spiro atoms. The third-order valence-electron chi connectivity index (χ3n) is 3.91. The van der Waals surface area contributed by atoms with Gasteiger partial charge >= 0.3 is 0 Å².